The second-order valence-electron chi connectivity index (χ2n) is 4.80. The molecule has 0 bridgehead atoms. The Labute approximate surface area is 99.4 Å². The number of carbonyl (C=O) groups is 1. The number of fused-ring (bicyclic) bond motifs is 1. The number of ether oxygens (including phenoxy) is 1. The molecule has 5 nitrogen and oxygen atoms in total. The van der Waals surface area contributed by atoms with Crippen molar-refractivity contribution in [1.82, 2.24) is 9.55 Å². The summed E-state index contributed by atoms with van der Waals surface area (Å²) in [6.45, 7) is 1.55. The van der Waals surface area contributed by atoms with Crippen molar-refractivity contribution in [2.75, 3.05) is 6.61 Å². The highest BCUT2D eigenvalue weighted by atomic mass is 16.5. The summed E-state index contributed by atoms with van der Waals surface area (Å²) in [6, 6.07) is 0. The predicted molar refractivity (Wildman–Crippen MR) is 59.6 cm³/mol. The molecule has 0 spiro atoms. The molecule has 17 heavy (non-hydrogen) atoms. The van der Waals surface area contributed by atoms with Crippen molar-refractivity contribution in [1.29, 1.82) is 0 Å². The smallest absolute Gasteiger partial charge is 0.306 e. The van der Waals surface area contributed by atoms with Crippen LogP contribution >= 0.6 is 0 Å². The molecule has 3 rings (SSSR count). The molecule has 2 aliphatic heterocycles. The van der Waals surface area contributed by atoms with E-state index in [1.165, 1.54) is 0 Å². The van der Waals surface area contributed by atoms with E-state index in [1.807, 2.05) is 6.33 Å². The third kappa shape index (κ3) is 1.84. The fraction of sp³-hybridized carbons (Fsp3) is 0.667. The quantitative estimate of drug-likeness (QED) is 0.842. The van der Waals surface area contributed by atoms with Crippen LogP contribution in [0.4, 0.5) is 0 Å². The van der Waals surface area contributed by atoms with Crippen LogP contribution in [-0.4, -0.2) is 27.2 Å². The molecule has 2 atom stereocenters. The van der Waals surface area contributed by atoms with E-state index in [0.717, 1.165) is 37.4 Å². The fourth-order valence-corrected chi connectivity index (χ4v) is 2.74. The number of carboxylic acids is 1. The third-order valence-corrected chi connectivity index (χ3v) is 3.72. The van der Waals surface area contributed by atoms with E-state index < -0.39 is 5.97 Å². The van der Waals surface area contributed by atoms with Gasteiger partial charge in [0.05, 0.1) is 17.9 Å². The molecule has 1 aromatic rings. The Balaban J connectivity index is 1.88. The third-order valence-electron chi connectivity index (χ3n) is 3.72. The summed E-state index contributed by atoms with van der Waals surface area (Å²) in [7, 11) is 0. The second-order valence-corrected chi connectivity index (χ2v) is 4.80. The van der Waals surface area contributed by atoms with E-state index in [9.17, 15) is 4.79 Å². The van der Waals surface area contributed by atoms with Gasteiger partial charge in [-0.3, -0.25) is 4.79 Å². The number of carboxylic acid groups (broad SMARTS) is 1. The van der Waals surface area contributed by atoms with Crippen molar-refractivity contribution in [3.05, 3.63) is 17.7 Å². The Morgan fingerprint density at radius 2 is 2.41 bits per heavy atom. The highest BCUT2D eigenvalue weighted by Crippen LogP contribution is 2.33. The Morgan fingerprint density at radius 1 is 1.53 bits per heavy atom. The maximum atomic E-state index is 11.1. The van der Waals surface area contributed by atoms with Crippen molar-refractivity contribution in [2.24, 2.45) is 5.92 Å². The van der Waals surface area contributed by atoms with Gasteiger partial charge in [0.1, 0.15) is 6.10 Å². The monoisotopic (exact) mass is 236 g/mol. The van der Waals surface area contributed by atoms with Gasteiger partial charge in [-0.25, -0.2) is 4.98 Å². The molecule has 2 unspecified atom stereocenters. The van der Waals surface area contributed by atoms with E-state index in [-0.39, 0.29) is 12.0 Å². The molecule has 0 radical (unpaired) electrons. The summed E-state index contributed by atoms with van der Waals surface area (Å²) in [5.74, 6) is -0.963. The van der Waals surface area contributed by atoms with Gasteiger partial charge in [-0.2, -0.15) is 0 Å². The number of hydrogen-bond donors (Lipinski definition) is 1. The van der Waals surface area contributed by atoms with Crippen LogP contribution < -0.4 is 0 Å². The Hall–Kier alpha value is -1.36. The van der Waals surface area contributed by atoms with Crippen LogP contribution in [0.2, 0.25) is 0 Å². The number of nitrogens with zero attached hydrogens (tertiary/aromatic N) is 2. The van der Waals surface area contributed by atoms with E-state index in [2.05, 4.69) is 9.55 Å². The number of aryl methyl sites for hydroxylation is 1. The van der Waals surface area contributed by atoms with Crippen LogP contribution in [0, 0.1) is 5.92 Å². The molecule has 92 valence electrons. The average Bonchev–Trinajstić information content (AvgIpc) is 2.96. The molecule has 0 aromatic carbocycles. The topological polar surface area (TPSA) is 64.3 Å². The zero-order valence-corrected chi connectivity index (χ0v) is 9.63. The normalized spacial score (nSPS) is 28.0. The molecule has 1 N–H and O–H groups in total. The number of aromatic nitrogens is 2. The van der Waals surface area contributed by atoms with Crippen molar-refractivity contribution >= 4 is 5.97 Å². The van der Waals surface area contributed by atoms with Crippen LogP contribution in [-0.2, 0) is 22.5 Å². The lowest BCUT2D eigenvalue weighted by atomic mass is 9.94. The van der Waals surface area contributed by atoms with Crippen LogP contribution in [0.5, 0.6) is 0 Å². The minimum Gasteiger partial charge on any atom is -0.481 e. The average molecular weight is 236 g/mol. The van der Waals surface area contributed by atoms with Gasteiger partial charge in [0.25, 0.3) is 0 Å². The highest BCUT2D eigenvalue weighted by Gasteiger charge is 2.30. The lowest BCUT2D eigenvalue weighted by molar-refractivity contribution is -0.142. The van der Waals surface area contributed by atoms with Crippen molar-refractivity contribution in [3.63, 3.8) is 0 Å². The molecule has 3 heterocycles. The molecule has 1 saturated heterocycles. The van der Waals surface area contributed by atoms with Gasteiger partial charge in [-0.15, -0.1) is 0 Å². The Morgan fingerprint density at radius 3 is 3.12 bits per heavy atom. The summed E-state index contributed by atoms with van der Waals surface area (Å²) < 4.78 is 7.72. The first-order valence-electron chi connectivity index (χ1n) is 6.14. The van der Waals surface area contributed by atoms with Gasteiger partial charge >= 0.3 is 5.97 Å². The standard InChI is InChI=1S/C12H16N2O3/c15-12(16)8-3-4-14-7-13-11(9(14)6-8)10-2-1-5-17-10/h7-8,10H,1-6H2,(H,15,16). The number of aliphatic carboxylic acids is 1. The first-order valence-corrected chi connectivity index (χ1v) is 6.14. The number of rotatable bonds is 2. The SMILES string of the molecule is O=C(O)C1CCn2cnc(C3CCCO3)c2C1. The van der Waals surface area contributed by atoms with E-state index in [4.69, 9.17) is 9.84 Å². The lowest BCUT2D eigenvalue weighted by Crippen LogP contribution is -2.26. The molecular formula is C12H16N2O3. The molecule has 1 fully saturated rings. The molecular weight excluding hydrogens is 220 g/mol. The maximum Gasteiger partial charge on any atom is 0.306 e. The molecule has 0 amide bonds. The van der Waals surface area contributed by atoms with Crippen molar-refractivity contribution < 1.29 is 14.6 Å². The zero-order valence-electron chi connectivity index (χ0n) is 9.63. The van der Waals surface area contributed by atoms with Crippen LogP contribution in [0.15, 0.2) is 6.33 Å². The highest BCUT2D eigenvalue weighted by molar-refractivity contribution is 5.70. The van der Waals surface area contributed by atoms with Crippen molar-refractivity contribution in [2.45, 2.75) is 38.3 Å². The summed E-state index contributed by atoms with van der Waals surface area (Å²) >= 11 is 0. The van der Waals surface area contributed by atoms with Gasteiger partial charge in [-0.1, -0.05) is 0 Å². The minimum atomic E-state index is -0.698. The van der Waals surface area contributed by atoms with Crippen LogP contribution in [0.3, 0.4) is 0 Å². The summed E-state index contributed by atoms with van der Waals surface area (Å²) in [5.41, 5.74) is 2.03. The molecule has 1 aromatic heterocycles. The van der Waals surface area contributed by atoms with Gasteiger partial charge in [0, 0.05) is 25.3 Å². The van der Waals surface area contributed by atoms with Crippen LogP contribution in [0.25, 0.3) is 0 Å². The summed E-state index contributed by atoms with van der Waals surface area (Å²) in [6.07, 6.45) is 5.26. The van der Waals surface area contributed by atoms with E-state index in [1.54, 1.807) is 0 Å². The summed E-state index contributed by atoms with van der Waals surface area (Å²) in [5, 5.41) is 9.10. The van der Waals surface area contributed by atoms with Crippen molar-refractivity contribution in [3.8, 4) is 0 Å². The number of hydrogen-bond acceptors (Lipinski definition) is 3. The lowest BCUT2D eigenvalue weighted by Gasteiger charge is -2.22. The zero-order chi connectivity index (χ0) is 11.8. The van der Waals surface area contributed by atoms with E-state index in [0.29, 0.717) is 12.8 Å². The molecule has 2 aliphatic rings. The van der Waals surface area contributed by atoms with Crippen LogP contribution in [0.1, 0.15) is 36.8 Å². The summed E-state index contributed by atoms with van der Waals surface area (Å²) in [4.78, 5) is 15.5. The maximum absolute atomic E-state index is 11.1. The minimum absolute atomic E-state index is 0.0822. The Bertz CT molecular complexity index is 435. The second kappa shape index (κ2) is 4.14. The van der Waals surface area contributed by atoms with Gasteiger partial charge in [0.15, 0.2) is 0 Å². The van der Waals surface area contributed by atoms with Gasteiger partial charge < -0.3 is 14.4 Å². The van der Waals surface area contributed by atoms with Gasteiger partial charge in [-0.05, 0) is 19.3 Å². The first-order chi connectivity index (χ1) is 8.25. The van der Waals surface area contributed by atoms with Gasteiger partial charge in [0.2, 0.25) is 0 Å². The van der Waals surface area contributed by atoms with E-state index >= 15 is 0 Å². The molecule has 5 heteroatoms. The Kier molecular flexibility index (Phi) is 2.63. The first kappa shape index (κ1) is 10.8. The molecule has 0 saturated carbocycles. The predicted octanol–water partition coefficient (Wildman–Crippen LogP) is 1.38. The largest absolute Gasteiger partial charge is 0.481 e. The fourth-order valence-electron chi connectivity index (χ4n) is 2.74. The number of imidazole rings is 1. The molecule has 0 aliphatic carbocycles.